The SMILES string of the molecule is Cc1cccc2[nH]cc(CCNC(=O)[C@@H](N)C(C)C)c12. The van der Waals surface area contributed by atoms with Gasteiger partial charge in [-0.15, -0.1) is 0 Å². The van der Waals surface area contributed by atoms with Crippen molar-refractivity contribution in [2.45, 2.75) is 33.2 Å². The van der Waals surface area contributed by atoms with Gasteiger partial charge in [0.1, 0.15) is 0 Å². The molecule has 20 heavy (non-hydrogen) atoms. The number of hydrogen-bond acceptors (Lipinski definition) is 2. The molecule has 1 aromatic carbocycles. The van der Waals surface area contributed by atoms with Crippen LogP contribution in [-0.2, 0) is 11.2 Å². The molecule has 2 aromatic rings. The van der Waals surface area contributed by atoms with Crippen LogP contribution in [0.3, 0.4) is 0 Å². The standard InChI is InChI=1S/C16H23N3O/c1-10(2)15(17)16(20)18-8-7-12-9-19-13-6-4-5-11(3)14(12)13/h4-6,9-10,15,19H,7-8,17H2,1-3H3,(H,18,20)/t15-/m0/s1. The number of nitrogens with two attached hydrogens (primary N) is 1. The number of rotatable bonds is 5. The fourth-order valence-corrected chi connectivity index (χ4v) is 2.39. The van der Waals surface area contributed by atoms with Crippen LogP contribution in [0.5, 0.6) is 0 Å². The van der Waals surface area contributed by atoms with Gasteiger partial charge in [-0.1, -0.05) is 26.0 Å². The molecule has 0 saturated carbocycles. The van der Waals surface area contributed by atoms with Crippen LogP contribution in [0.1, 0.15) is 25.0 Å². The molecule has 4 heteroatoms. The molecule has 0 unspecified atom stereocenters. The van der Waals surface area contributed by atoms with E-state index in [-0.39, 0.29) is 11.8 Å². The van der Waals surface area contributed by atoms with Crippen LogP contribution in [0, 0.1) is 12.8 Å². The first kappa shape index (κ1) is 14.6. The number of aromatic nitrogens is 1. The zero-order valence-corrected chi connectivity index (χ0v) is 12.4. The van der Waals surface area contributed by atoms with E-state index in [1.54, 1.807) is 0 Å². The maximum absolute atomic E-state index is 11.8. The monoisotopic (exact) mass is 273 g/mol. The Balaban J connectivity index is 1.99. The van der Waals surface area contributed by atoms with Gasteiger partial charge in [0.2, 0.25) is 5.91 Å². The Labute approximate surface area is 119 Å². The first-order valence-electron chi connectivity index (χ1n) is 7.09. The highest BCUT2D eigenvalue weighted by atomic mass is 16.2. The lowest BCUT2D eigenvalue weighted by Gasteiger charge is -2.15. The highest BCUT2D eigenvalue weighted by Gasteiger charge is 2.16. The highest BCUT2D eigenvalue weighted by Crippen LogP contribution is 2.22. The molecule has 1 aromatic heterocycles. The maximum atomic E-state index is 11.8. The third-order valence-corrected chi connectivity index (χ3v) is 3.71. The van der Waals surface area contributed by atoms with Gasteiger partial charge in [0.15, 0.2) is 0 Å². The lowest BCUT2D eigenvalue weighted by Crippen LogP contribution is -2.44. The second kappa shape index (κ2) is 6.09. The number of aromatic amines is 1. The van der Waals surface area contributed by atoms with Crippen molar-refractivity contribution in [3.8, 4) is 0 Å². The van der Waals surface area contributed by atoms with E-state index >= 15 is 0 Å². The van der Waals surface area contributed by atoms with Gasteiger partial charge in [-0.2, -0.15) is 0 Å². The van der Waals surface area contributed by atoms with E-state index in [2.05, 4.69) is 29.4 Å². The van der Waals surface area contributed by atoms with Crippen LogP contribution in [0.2, 0.25) is 0 Å². The van der Waals surface area contributed by atoms with Crippen molar-refractivity contribution in [1.82, 2.24) is 10.3 Å². The minimum atomic E-state index is -0.431. The Morgan fingerprint density at radius 1 is 1.40 bits per heavy atom. The number of carbonyl (C=O) groups excluding carboxylic acids is 1. The fourth-order valence-electron chi connectivity index (χ4n) is 2.39. The third kappa shape index (κ3) is 3.02. The quantitative estimate of drug-likeness (QED) is 0.781. The van der Waals surface area contributed by atoms with E-state index in [1.165, 1.54) is 16.5 Å². The Hall–Kier alpha value is -1.81. The van der Waals surface area contributed by atoms with Crippen LogP contribution >= 0.6 is 0 Å². The van der Waals surface area contributed by atoms with Gasteiger partial charge in [-0.25, -0.2) is 0 Å². The summed E-state index contributed by atoms with van der Waals surface area (Å²) in [5, 5.41) is 4.17. The molecular weight excluding hydrogens is 250 g/mol. The lowest BCUT2D eigenvalue weighted by molar-refractivity contribution is -0.123. The number of amides is 1. The maximum Gasteiger partial charge on any atom is 0.237 e. The van der Waals surface area contributed by atoms with Crippen molar-refractivity contribution in [1.29, 1.82) is 0 Å². The summed E-state index contributed by atoms with van der Waals surface area (Å²) in [7, 11) is 0. The predicted molar refractivity (Wildman–Crippen MR) is 82.6 cm³/mol. The van der Waals surface area contributed by atoms with Gasteiger partial charge in [0.05, 0.1) is 6.04 Å². The average molecular weight is 273 g/mol. The van der Waals surface area contributed by atoms with Crippen LogP contribution in [0.15, 0.2) is 24.4 Å². The minimum absolute atomic E-state index is 0.0726. The van der Waals surface area contributed by atoms with E-state index < -0.39 is 6.04 Å². The third-order valence-electron chi connectivity index (χ3n) is 3.71. The van der Waals surface area contributed by atoms with Gasteiger partial charge >= 0.3 is 0 Å². The topological polar surface area (TPSA) is 70.9 Å². The number of aryl methyl sites for hydroxylation is 1. The Morgan fingerprint density at radius 3 is 2.85 bits per heavy atom. The molecule has 1 amide bonds. The van der Waals surface area contributed by atoms with Gasteiger partial charge in [-0.05, 0) is 36.5 Å². The van der Waals surface area contributed by atoms with E-state index in [1.807, 2.05) is 26.1 Å². The molecule has 4 nitrogen and oxygen atoms in total. The molecule has 108 valence electrons. The number of carbonyl (C=O) groups is 1. The fraction of sp³-hybridized carbons (Fsp3) is 0.438. The van der Waals surface area contributed by atoms with Crippen LogP contribution < -0.4 is 11.1 Å². The van der Waals surface area contributed by atoms with E-state index in [9.17, 15) is 4.79 Å². The molecule has 0 spiro atoms. The summed E-state index contributed by atoms with van der Waals surface area (Å²) in [5.74, 6) is 0.0851. The van der Waals surface area contributed by atoms with Gasteiger partial charge < -0.3 is 16.0 Å². The smallest absolute Gasteiger partial charge is 0.237 e. The predicted octanol–water partition coefficient (Wildman–Crippen LogP) is 2.12. The molecule has 0 aliphatic heterocycles. The molecule has 0 radical (unpaired) electrons. The molecular formula is C16H23N3O. The Kier molecular flexibility index (Phi) is 4.45. The molecule has 4 N–H and O–H groups in total. The van der Waals surface area contributed by atoms with Crippen LogP contribution in [-0.4, -0.2) is 23.5 Å². The summed E-state index contributed by atoms with van der Waals surface area (Å²) in [6.07, 6.45) is 2.83. The van der Waals surface area contributed by atoms with Crippen molar-refractivity contribution in [3.63, 3.8) is 0 Å². The van der Waals surface area contributed by atoms with E-state index in [0.29, 0.717) is 6.54 Å². The van der Waals surface area contributed by atoms with Crippen LogP contribution in [0.4, 0.5) is 0 Å². The first-order valence-corrected chi connectivity index (χ1v) is 7.09. The Morgan fingerprint density at radius 2 is 2.15 bits per heavy atom. The molecule has 0 fully saturated rings. The summed E-state index contributed by atoms with van der Waals surface area (Å²) in [4.78, 5) is 15.1. The van der Waals surface area contributed by atoms with Crippen molar-refractivity contribution in [2.75, 3.05) is 6.54 Å². The lowest BCUT2D eigenvalue weighted by atomic mass is 10.0. The highest BCUT2D eigenvalue weighted by molar-refractivity contribution is 5.86. The average Bonchev–Trinajstić information content (AvgIpc) is 2.82. The van der Waals surface area contributed by atoms with Crippen LogP contribution in [0.25, 0.3) is 10.9 Å². The summed E-state index contributed by atoms with van der Waals surface area (Å²) in [6, 6.07) is 5.78. The first-order chi connectivity index (χ1) is 9.50. The van der Waals surface area contributed by atoms with Crippen molar-refractivity contribution >= 4 is 16.8 Å². The number of fused-ring (bicyclic) bond motifs is 1. The second-order valence-corrected chi connectivity index (χ2v) is 5.62. The molecule has 1 atom stereocenters. The molecule has 1 heterocycles. The minimum Gasteiger partial charge on any atom is -0.361 e. The van der Waals surface area contributed by atoms with Gasteiger partial charge in [0, 0.05) is 23.6 Å². The largest absolute Gasteiger partial charge is 0.361 e. The van der Waals surface area contributed by atoms with Gasteiger partial charge in [0.25, 0.3) is 0 Å². The summed E-state index contributed by atoms with van der Waals surface area (Å²) in [6.45, 7) is 6.62. The van der Waals surface area contributed by atoms with Gasteiger partial charge in [-0.3, -0.25) is 4.79 Å². The molecule has 0 bridgehead atoms. The second-order valence-electron chi connectivity index (χ2n) is 5.62. The molecule has 0 saturated heterocycles. The molecule has 2 rings (SSSR count). The summed E-state index contributed by atoms with van der Waals surface area (Å²) < 4.78 is 0. The number of benzene rings is 1. The Bertz CT molecular complexity index is 601. The number of nitrogens with one attached hydrogen (secondary N) is 2. The van der Waals surface area contributed by atoms with Crippen molar-refractivity contribution in [3.05, 3.63) is 35.5 Å². The zero-order valence-electron chi connectivity index (χ0n) is 12.4. The van der Waals surface area contributed by atoms with Crippen molar-refractivity contribution < 1.29 is 4.79 Å². The number of hydrogen-bond donors (Lipinski definition) is 3. The van der Waals surface area contributed by atoms with E-state index in [4.69, 9.17) is 5.73 Å². The zero-order chi connectivity index (χ0) is 14.7. The van der Waals surface area contributed by atoms with E-state index in [0.717, 1.165) is 11.9 Å². The molecule has 0 aliphatic carbocycles. The number of H-pyrrole nitrogens is 1. The molecule has 0 aliphatic rings. The van der Waals surface area contributed by atoms with Crippen molar-refractivity contribution in [2.24, 2.45) is 11.7 Å². The summed E-state index contributed by atoms with van der Waals surface area (Å²) in [5.41, 5.74) is 9.45. The summed E-state index contributed by atoms with van der Waals surface area (Å²) >= 11 is 0. The normalized spacial score (nSPS) is 12.8.